The first-order valence-electron chi connectivity index (χ1n) is 6.09. The van der Waals surface area contributed by atoms with Gasteiger partial charge in [-0.15, -0.1) is 0 Å². The molecule has 0 aliphatic carbocycles. The Bertz CT molecular complexity index is 729. The van der Waals surface area contributed by atoms with E-state index >= 15 is 0 Å². The molecule has 2 aromatic rings. The Hall–Kier alpha value is -2.53. The minimum Gasteiger partial charge on any atom is -0.478 e. The number of hydrogen-bond donors (Lipinski definition) is 3. The molecule has 5 nitrogen and oxygen atoms in total. The van der Waals surface area contributed by atoms with Crippen LogP contribution in [0.2, 0.25) is 5.02 Å². The number of amides is 1. The van der Waals surface area contributed by atoms with Crippen LogP contribution in [0.15, 0.2) is 36.4 Å². The summed E-state index contributed by atoms with van der Waals surface area (Å²) in [5.41, 5.74) is 7.61. The maximum atomic E-state index is 12.2. The lowest BCUT2D eigenvalue weighted by molar-refractivity contribution is 0.0696. The zero-order chi connectivity index (χ0) is 15.6. The quantitative estimate of drug-likeness (QED) is 0.759. The highest BCUT2D eigenvalue weighted by molar-refractivity contribution is 6.33. The average Bonchev–Trinajstić information content (AvgIpc) is 2.43. The van der Waals surface area contributed by atoms with Crippen LogP contribution in [0, 0.1) is 6.92 Å². The van der Waals surface area contributed by atoms with Crippen molar-refractivity contribution in [3.63, 3.8) is 0 Å². The predicted octanol–water partition coefficient (Wildman–Crippen LogP) is 3.18. The largest absolute Gasteiger partial charge is 0.478 e. The number of hydrogen-bond acceptors (Lipinski definition) is 3. The molecule has 0 spiro atoms. The first-order chi connectivity index (χ1) is 9.88. The first kappa shape index (κ1) is 14.9. The van der Waals surface area contributed by atoms with Crippen molar-refractivity contribution < 1.29 is 14.7 Å². The zero-order valence-electron chi connectivity index (χ0n) is 11.2. The highest BCUT2D eigenvalue weighted by Gasteiger charge is 2.11. The van der Waals surface area contributed by atoms with Gasteiger partial charge >= 0.3 is 5.97 Å². The minimum absolute atomic E-state index is 0.103. The number of carboxylic acid groups (broad SMARTS) is 1. The van der Waals surface area contributed by atoms with Gasteiger partial charge < -0.3 is 16.2 Å². The van der Waals surface area contributed by atoms with Crippen LogP contribution in [0.1, 0.15) is 26.3 Å². The molecule has 0 aromatic heterocycles. The SMILES string of the molecule is Cc1ccc(C(=O)O)cc1NC(=O)c1ccc(Cl)c(N)c1. The molecule has 108 valence electrons. The van der Waals surface area contributed by atoms with Crippen molar-refractivity contribution in [2.75, 3.05) is 11.1 Å². The maximum absolute atomic E-state index is 12.2. The molecule has 2 aromatic carbocycles. The van der Waals surface area contributed by atoms with E-state index < -0.39 is 5.97 Å². The Kier molecular flexibility index (Phi) is 4.14. The monoisotopic (exact) mass is 304 g/mol. The Morgan fingerprint density at radius 3 is 2.43 bits per heavy atom. The van der Waals surface area contributed by atoms with Gasteiger partial charge in [0.05, 0.1) is 16.3 Å². The second-order valence-electron chi connectivity index (χ2n) is 4.53. The molecule has 0 unspecified atom stereocenters. The molecule has 2 rings (SSSR count). The minimum atomic E-state index is -1.05. The smallest absolute Gasteiger partial charge is 0.335 e. The number of anilines is 2. The van der Waals surface area contributed by atoms with Gasteiger partial charge in [-0.1, -0.05) is 17.7 Å². The van der Waals surface area contributed by atoms with Crippen molar-refractivity contribution in [2.45, 2.75) is 6.92 Å². The number of benzene rings is 2. The molecule has 6 heteroatoms. The number of nitrogens with two attached hydrogens (primary N) is 1. The van der Waals surface area contributed by atoms with Crippen LogP contribution in [0.25, 0.3) is 0 Å². The van der Waals surface area contributed by atoms with Crippen molar-refractivity contribution in [3.05, 3.63) is 58.1 Å². The summed E-state index contributed by atoms with van der Waals surface area (Å²) in [7, 11) is 0. The van der Waals surface area contributed by atoms with Crippen molar-refractivity contribution in [1.82, 2.24) is 0 Å². The molecule has 1 amide bonds. The second kappa shape index (κ2) is 5.85. The highest BCUT2D eigenvalue weighted by atomic mass is 35.5. The summed E-state index contributed by atoms with van der Waals surface area (Å²) >= 11 is 5.80. The van der Waals surface area contributed by atoms with E-state index in [9.17, 15) is 9.59 Å². The number of nitrogen functional groups attached to an aromatic ring is 1. The standard InChI is InChI=1S/C15H13ClN2O3/c1-8-2-3-10(15(20)21)7-13(8)18-14(19)9-4-5-11(16)12(17)6-9/h2-7H,17H2,1H3,(H,18,19)(H,20,21). The van der Waals surface area contributed by atoms with Gasteiger partial charge in [0, 0.05) is 11.3 Å². The third kappa shape index (κ3) is 3.32. The normalized spacial score (nSPS) is 10.2. The summed E-state index contributed by atoms with van der Waals surface area (Å²) < 4.78 is 0. The van der Waals surface area contributed by atoms with Crippen molar-refractivity contribution in [2.24, 2.45) is 0 Å². The molecule has 0 saturated carbocycles. The van der Waals surface area contributed by atoms with Gasteiger partial charge in [-0.3, -0.25) is 4.79 Å². The van der Waals surface area contributed by atoms with Crippen molar-refractivity contribution in [3.8, 4) is 0 Å². The van der Waals surface area contributed by atoms with Crippen LogP contribution in [-0.2, 0) is 0 Å². The molecule has 0 saturated heterocycles. The van der Waals surface area contributed by atoms with Crippen LogP contribution in [0.5, 0.6) is 0 Å². The molecule has 0 fully saturated rings. The molecule has 0 aliphatic rings. The van der Waals surface area contributed by atoms with Gasteiger partial charge in [-0.05, 0) is 42.8 Å². The van der Waals surface area contributed by atoms with Crippen LogP contribution in [-0.4, -0.2) is 17.0 Å². The van der Waals surface area contributed by atoms with E-state index in [1.165, 1.54) is 24.3 Å². The summed E-state index contributed by atoms with van der Waals surface area (Å²) in [5, 5.41) is 12.0. The zero-order valence-corrected chi connectivity index (χ0v) is 11.9. The van der Waals surface area contributed by atoms with Crippen LogP contribution >= 0.6 is 11.6 Å². The Morgan fingerprint density at radius 2 is 1.81 bits per heavy atom. The van der Waals surface area contributed by atoms with Crippen molar-refractivity contribution in [1.29, 1.82) is 0 Å². The number of carboxylic acids is 1. The fraction of sp³-hybridized carbons (Fsp3) is 0.0667. The molecular formula is C15H13ClN2O3. The lowest BCUT2D eigenvalue weighted by atomic mass is 10.1. The number of carbonyl (C=O) groups excluding carboxylic acids is 1. The van der Waals surface area contributed by atoms with Gasteiger partial charge in [0.25, 0.3) is 5.91 Å². The Balaban J connectivity index is 2.28. The van der Waals surface area contributed by atoms with E-state index in [0.717, 1.165) is 5.56 Å². The van der Waals surface area contributed by atoms with Crippen LogP contribution in [0.4, 0.5) is 11.4 Å². The van der Waals surface area contributed by atoms with Gasteiger partial charge in [-0.2, -0.15) is 0 Å². The highest BCUT2D eigenvalue weighted by Crippen LogP contribution is 2.22. The first-order valence-corrected chi connectivity index (χ1v) is 6.46. The fourth-order valence-electron chi connectivity index (χ4n) is 1.77. The molecule has 0 heterocycles. The third-order valence-electron chi connectivity index (χ3n) is 2.99. The molecular weight excluding hydrogens is 292 g/mol. The average molecular weight is 305 g/mol. The number of nitrogens with one attached hydrogen (secondary N) is 1. The van der Waals surface area contributed by atoms with Gasteiger partial charge in [-0.25, -0.2) is 4.79 Å². The van der Waals surface area contributed by atoms with Gasteiger partial charge in [0.2, 0.25) is 0 Å². The number of rotatable bonds is 3. The van der Waals surface area contributed by atoms with Crippen molar-refractivity contribution >= 4 is 34.9 Å². The summed E-state index contributed by atoms with van der Waals surface area (Å²) in [6, 6.07) is 9.07. The maximum Gasteiger partial charge on any atom is 0.335 e. The molecule has 0 bridgehead atoms. The summed E-state index contributed by atoms with van der Waals surface area (Å²) in [4.78, 5) is 23.1. The lowest BCUT2D eigenvalue weighted by Crippen LogP contribution is -2.13. The number of aromatic carboxylic acids is 1. The van der Waals surface area contributed by atoms with E-state index in [0.29, 0.717) is 22.0 Å². The summed E-state index contributed by atoms with van der Waals surface area (Å²) in [6.07, 6.45) is 0. The lowest BCUT2D eigenvalue weighted by Gasteiger charge is -2.10. The molecule has 4 N–H and O–H groups in total. The van der Waals surface area contributed by atoms with Gasteiger partial charge in [0.1, 0.15) is 0 Å². The fourth-order valence-corrected chi connectivity index (χ4v) is 1.89. The number of carbonyl (C=O) groups is 2. The summed E-state index contributed by atoms with van der Waals surface area (Å²) in [5.74, 6) is -1.44. The van der Waals surface area contributed by atoms with E-state index in [1.54, 1.807) is 19.1 Å². The van der Waals surface area contributed by atoms with E-state index in [1.807, 2.05) is 0 Å². The predicted molar refractivity (Wildman–Crippen MR) is 82.0 cm³/mol. The molecule has 0 atom stereocenters. The van der Waals surface area contributed by atoms with E-state index in [-0.39, 0.29) is 11.5 Å². The van der Waals surface area contributed by atoms with E-state index in [2.05, 4.69) is 5.32 Å². The topological polar surface area (TPSA) is 92.4 Å². The molecule has 0 radical (unpaired) electrons. The number of aryl methyl sites for hydroxylation is 1. The second-order valence-corrected chi connectivity index (χ2v) is 4.93. The Labute approximate surface area is 126 Å². The van der Waals surface area contributed by atoms with Gasteiger partial charge in [0.15, 0.2) is 0 Å². The number of halogens is 1. The molecule has 21 heavy (non-hydrogen) atoms. The summed E-state index contributed by atoms with van der Waals surface area (Å²) in [6.45, 7) is 1.78. The third-order valence-corrected chi connectivity index (χ3v) is 3.34. The van der Waals surface area contributed by atoms with Crippen LogP contribution < -0.4 is 11.1 Å². The van der Waals surface area contributed by atoms with E-state index in [4.69, 9.17) is 22.4 Å². The Morgan fingerprint density at radius 1 is 1.14 bits per heavy atom. The van der Waals surface area contributed by atoms with Crippen LogP contribution in [0.3, 0.4) is 0 Å². The molecule has 0 aliphatic heterocycles.